The first kappa shape index (κ1) is 11.3. The van der Waals surface area contributed by atoms with Gasteiger partial charge >= 0.3 is 0 Å². The molecule has 0 spiro atoms. The lowest BCUT2D eigenvalue weighted by molar-refractivity contribution is -0.0323. The van der Waals surface area contributed by atoms with Crippen molar-refractivity contribution in [2.75, 3.05) is 31.2 Å². The van der Waals surface area contributed by atoms with E-state index < -0.39 is 9.84 Å². The Hall–Kier alpha value is -0.170. The SMILES string of the molecule is CC1CN(C2CS(=O)(=O)CC2N)CCO1. The number of nitrogens with two attached hydrogens (primary N) is 1. The quantitative estimate of drug-likeness (QED) is 0.619. The number of rotatable bonds is 1. The van der Waals surface area contributed by atoms with Crippen LogP contribution < -0.4 is 5.73 Å². The van der Waals surface area contributed by atoms with Gasteiger partial charge in [0.05, 0.1) is 24.2 Å². The Morgan fingerprint density at radius 2 is 2.13 bits per heavy atom. The molecule has 0 bridgehead atoms. The van der Waals surface area contributed by atoms with Gasteiger partial charge in [0, 0.05) is 25.2 Å². The highest BCUT2D eigenvalue weighted by atomic mass is 32.2. The third kappa shape index (κ3) is 2.50. The Balaban J connectivity index is 2.04. The summed E-state index contributed by atoms with van der Waals surface area (Å²) in [6, 6.07) is -0.248. The van der Waals surface area contributed by atoms with Gasteiger partial charge in [-0.2, -0.15) is 0 Å². The highest BCUT2D eigenvalue weighted by Crippen LogP contribution is 2.19. The van der Waals surface area contributed by atoms with Crippen LogP contribution in [0, 0.1) is 0 Å². The molecule has 6 heteroatoms. The topological polar surface area (TPSA) is 72.6 Å². The van der Waals surface area contributed by atoms with E-state index in [4.69, 9.17) is 10.5 Å². The Morgan fingerprint density at radius 1 is 1.40 bits per heavy atom. The maximum Gasteiger partial charge on any atom is 0.153 e. The Labute approximate surface area is 90.5 Å². The summed E-state index contributed by atoms with van der Waals surface area (Å²) in [7, 11) is -2.92. The Kier molecular flexibility index (Phi) is 3.03. The lowest BCUT2D eigenvalue weighted by Gasteiger charge is -2.36. The van der Waals surface area contributed by atoms with Crippen LogP contribution in [0.4, 0.5) is 0 Å². The second-order valence-electron chi connectivity index (χ2n) is 4.48. The number of nitrogens with zero attached hydrogens (tertiary/aromatic N) is 1. The molecule has 2 fully saturated rings. The van der Waals surface area contributed by atoms with E-state index >= 15 is 0 Å². The third-order valence-corrected chi connectivity index (χ3v) is 4.85. The van der Waals surface area contributed by atoms with Gasteiger partial charge in [-0.25, -0.2) is 8.42 Å². The lowest BCUT2D eigenvalue weighted by Crippen LogP contribution is -2.53. The molecule has 3 atom stereocenters. The first-order valence-electron chi connectivity index (χ1n) is 5.29. The number of ether oxygens (including phenoxy) is 1. The monoisotopic (exact) mass is 234 g/mol. The van der Waals surface area contributed by atoms with E-state index in [9.17, 15) is 8.42 Å². The molecule has 2 saturated heterocycles. The maximum absolute atomic E-state index is 11.4. The summed E-state index contributed by atoms with van der Waals surface area (Å²) in [5, 5.41) is 0. The summed E-state index contributed by atoms with van der Waals surface area (Å²) >= 11 is 0. The molecular weight excluding hydrogens is 216 g/mol. The summed E-state index contributed by atoms with van der Waals surface area (Å²) in [5.74, 6) is 0.338. The van der Waals surface area contributed by atoms with Crippen molar-refractivity contribution in [3.8, 4) is 0 Å². The summed E-state index contributed by atoms with van der Waals surface area (Å²) in [6.07, 6.45) is 0.175. The molecule has 0 aromatic carbocycles. The number of hydrogen-bond donors (Lipinski definition) is 1. The fourth-order valence-electron chi connectivity index (χ4n) is 2.38. The van der Waals surface area contributed by atoms with E-state index in [0.717, 1.165) is 13.1 Å². The number of morpholine rings is 1. The van der Waals surface area contributed by atoms with E-state index in [0.29, 0.717) is 6.61 Å². The molecule has 2 aliphatic rings. The minimum Gasteiger partial charge on any atom is -0.376 e. The molecule has 5 nitrogen and oxygen atoms in total. The van der Waals surface area contributed by atoms with Crippen LogP contribution in [-0.4, -0.2) is 62.7 Å². The molecule has 0 aromatic heterocycles. The van der Waals surface area contributed by atoms with Crippen LogP contribution in [0.25, 0.3) is 0 Å². The molecule has 3 unspecified atom stereocenters. The van der Waals surface area contributed by atoms with Crippen LogP contribution >= 0.6 is 0 Å². The van der Waals surface area contributed by atoms with Crippen molar-refractivity contribution in [1.82, 2.24) is 4.90 Å². The Bertz CT molecular complexity index is 330. The highest BCUT2D eigenvalue weighted by Gasteiger charge is 2.39. The molecule has 2 N–H and O–H groups in total. The molecule has 15 heavy (non-hydrogen) atoms. The Morgan fingerprint density at radius 3 is 2.67 bits per heavy atom. The van der Waals surface area contributed by atoms with Gasteiger partial charge in [0.1, 0.15) is 0 Å². The van der Waals surface area contributed by atoms with Crippen LogP contribution in [0.1, 0.15) is 6.92 Å². The van der Waals surface area contributed by atoms with Crippen LogP contribution in [-0.2, 0) is 14.6 Å². The molecule has 0 radical (unpaired) electrons. The molecule has 0 amide bonds. The standard InChI is InChI=1S/C9H18N2O3S/c1-7-4-11(2-3-14-7)9-6-15(12,13)5-8(9)10/h7-9H,2-6,10H2,1H3. The average Bonchev–Trinajstić information content (AvgIpc) is 2.40. The fraction of sp³-hybridized carbons (Fsp3) is 1.00. The molecule has 0 aliphatic carbocycles. The minimum absolute atomic E-state index is 0.0126. The van der Waals surface area contributed by atoms with Crippen molar-refractivity contribution >= 4 is 9.84 Å². The van der Waals surface area contributed by atoms with Gasteiger partial charge in [0.25, 0.3) is 0 Å². The highest BCUT2D eigenvalue weighted by molar-refractivity contribution is 7.91. The number of hydrogen-bond acceptors (Lipinski definition) is 5. The largest absolute Gasteiger partial charge is 0.376 e. The van der Waals surface area contributed by atoms with Crippen LogP contribution in [0.2, 0.25) is 0 Å². The lowest BCUT2D eigenvalue weighted by atomic mass is 10.1. The number of sulfone groups is 1. The molecular formula is C9H18N2O3S. The fourth-order valence-corrected chi connectivity index (χ4v) is 4.30. The van der Waals surface area contributed by atoms with Crippen molar-refractivity contribution in [2.45, 2.75) is 25.1 Å². The van der Waals surface area contributed by atoms with Gasteiger partial charge < -0.3 is 10.5 Å². The first-order chi connectivity index (χ1) is 6.98. The normalized spacial score (nSPS) is 41.9. The van der Waals surface area contributed by atoms with E-state index in [1.54, 1.807) is 0 Å². The molecule has 2 rings (SSSR count). The van der Waals surface area contributed by atoms with Crippen molar-refractivity contribution in [1.29, 1.82) is 0 Å². The van der Waals surface area contributed by atoms with E-state index in [-0.39, 0.29) is 29.7 Å². The van der Waals surface area contributed by atoms with Crippen molar-refractivity contribution in [3.63, 3.8) is 0 Å². The van der Waals surface area contributed by atoms with Gasteiger partial charge in [-0.05, 0) is 6.92 Å². The van der Waals surface area contributed by atoms with Crippen LogP contribution in [0.3, 0.4) is 0 Å². The van der Waals surface area contributed by atoms with E-state index in [1.807, 2.05) is 6.92 Å². The van der Waals surface area contributed by atoms with Crippen LogP contribution in [0.15, 0.2) is 0 Å². The molecule has 2 heterocycles. The van der Waals surface area contributed by atoms with Gasteiger partial charge in [0.15, 0.2) is 9.84 Å². The average molecular weight is 234 g/mol. The van der Waals surface area contributed by atoms with Gasteiger partial charge in [-0.15, -0.1) is 0 Å². The molecule has 0 aromatic rings. The molecule has 88 valence electrons. The predicted octanol–water partition coefficient (Wildman–Crippen LogP) is -1.17. The zero-order chi connectivity index (χ0) is 11.1. The second-order valence-corrected chi connectivity index (χ2v) is 6.64. The summed E-state index contributed by atoms with van der Waals surface area (Å²) in [4.78, 5) is 2.16. The van der Waals surface area contributed by atoms with Gasteiger partial charge in [-0.1, -0.05) is 0 Å². The smallest absolute Gasteiger partial charge is 0.153 e. The van der Waals surface area contributed by atoms with Gasteiger partial charge in [-0.3, -0.25) is 4.90 Å². The second kappa shape index (κ2) is 4.01. The summed E-state index contributed by atoms with van der Waals surface area (Å²) in [6.45, 7) is 4.25. The zero-order valence-corrected chi connectivity index (χ0v) is 9.74. The van der Waals surface area contributed by atoms with Crippen molar-refractivity contribution in [3.05, 3.63) is 0 Å². The first-order valence-corrected chi connectivity index (χ1v) is 7.12. The van der Waals surface area contributed by atoms with E-state index in [2.05, 4.69) is 4.90 Å². The van der Waals surface area contributed by atoms with E-state index in [1.165, 1.54) is 0 Å². The molecule has 2 aliphatic heterocycles. The van der Waals surface area contributed by atoms with Crippen LogP contribution in [0.5, 0.6) is 0 Å². The zero-order valence-electron chi connectivity index (χ0n) is 8.93. The molecule has 0 saturated carbocycles. The van der Waals surface area contributed by atoms with Crippen molar-refractivity contribution < 1.29 is 13.2 Å². The summed E-state index contributed by atoms with van der Waals surface area (Å²) < 4.78 is 28.3. The third-order valence-electron chi connectivity index (χ3n) is 3.11. The summed E-state index contributed by atoms with van der Waals surface area (Å²) in [5.41, 5.74) is 5.87. The predicted molar refractivity (Wildman–Crippen MR) is 57.4 cm³/mol. The minimum atomic E-state index is -2.92. The van der Waals surface area contributed by atoms with Gasteiger partial charge in [0.2, 0.25) is 0 Å². The van der Waals surface area contributed by atoms with Crippen molar-refractivity contribution in [2.24, 2.45) is 5.73 Å². The maximum atomic E-state index is 11.4.